The van der Waals surface area contributed by atoms with Crippen molar-refractivity contribution in [2.24, 2.45) is 0 Å². The van der Waals surface area contributed by atoms with Gasteiger partial charge < -0.3 is 9.47 Å². The quantitative estimate of drug-likeness (QED) is 0.477. The molecule has 0 atom stereocenters. The van der Waals surface area contributed by atoms with E-state index in [4.69, 9.17) is 9.47 Å². The molecular formula is C23H22N2O3S. The van der Waals surface area contributed by atoms with E-state index in [1.807, 2.05) is 23.6 Å². The van der Waals surface area contributed by atoms with Crippen LogP contribution in [0.2, 0.25) is 0 Å². The van der Waals surface area contributed by atoms with E-state index in [2.05, 4.69) is 37.0 Å². The van der Waals surface area contributed by atoms with Crippen LogP contribution < -0.4 is 15.0 Å². The highest BCUT2D eigenvalue weighted by molar-refractivity contribution is 7.17. The lowest BCUT2D eigenvalue weighted by Crippen LogP contribution is -2.21. The smallest absolute Gasteiger partial charge is 0.263 e. The minimum Gasteiger partial charge on any atom is -0.497 e. The molecular weight excluding hydrogens is 384 g/mol. The summed E-state index contributed by atoms with van der Waals surface area (Å²) in [6.07, 6.45) is 1.60. The van der Waals surface area contributed by atoms with Crippen molar-refractivity contribution in [3.05, 3.63) is 75.1 Å². The minimum atomic E-state index is -0.0608. The van der Waals surface area contributed by atoms with E-state index in [0.717, 1.165) is 21.5 Å². The summed E-state index contributed by atoms with van der Waals surface area (Å²) in [5.41, 5.74) is 5.20. The Kier molecular flexibility index (Phi) is 5.11. The van der Waals surface area contributed by atoms with Gasteiger partial charge in [-0.3, -0.25) is 9.36 Å². The average molecular weight is 407 g/mol. The molecule has 0 N–H and O–H groups in total. The van der Waals surface area contributed by atoms with E-state index in [0.29, 0.717) is 23.4 Å². The molecule has 148 valence electrons. The number of benzene rings is 2. The number of fused-ring (bicyclic) bond motifs is 1. The number of hydrogen-bond donors (Lipinski definition) is 0. The molecule has 0 aliphatic rings. The molecule has 0 radical (unpaired) electrons. The van der Waals surface area contributed by atoms with Gasteiger partial charge in [-0.05, 0) is 48.7 Å². The van der Waals surface area contributed by atoms with Gasteiger partial charge in [0.05, 0.1) is 32.5 Å². The molecule has 2 aromatic heterocycles. The van der Waals surface area contributed by atoms with Gasteiger partial charge in [0.1, 0.15) is 16.3 Å². The number of methoxy groups -OCH3 is 2. The molecule has 0 spiro atoms. The van der Waals surface area contributed by atoms with E-state index in [9.17, 15) is 4.79 Å². The van der Waals surface area contributed by atoms with Gasteiger partial charge in [0.25, 0.3) is 5.56 Å². The molecule has 0 saturated carbocycles. The minimum absolute atomic E-state index is 0.0608. The maximum atomic E-state index is 13.4. The van der Waals surface area contributed by atoms with Crippen molar-refractivity contribution in [2.75, 3.05) is 14.2 Å². The van der Waals surface area contributed by atoms with Crippen molar-refractivity contribution in [2.45, 2.75) is 20.4 Å². The van der Waals surface area contributed by atoms with E-state index in [1.165, 1.54) is 22.5 Å². The van der Waals surface area contributed by atoms with Gasteiger partial charge in [0.2, 0.25) is 0 Å². The number of thiophene rings is 1. The fraction of sp³-hybridized carbons (Fsp3) is 0.217. The van der Waals surface area contributed by atoms with Crippen molar-refractivity contribution in [3.63, 3.8) is 0 Å². The third-order valence-electron chi connectivity index (χ3n) is 5.21. The van der Waals surface area contributed by atoms with Crippen LogP contribution in [0.25, 0.3) is 21.3 Å². The molecule has 0 saturated heterocycles. The van der Waals surface area contributed by atoms with Crippen LogP contribution >= 0.6 is 11.3 Å². The van der Waals surface area contributed by atoms with Crippen LogP contribution in [-0.4, -0.2) is 23.8 Å². The van der Waals surface area contributed by atoms with Gasteiger partial charge in [-0.1, -0.05) is 18.2 Å². The molecule has 4 aromatic rings. The van der Waals surface area contributed by atoms with Crippen molar-refractivity contribution in [1.82, 2.24) is 9.55 Å². The van der Waals surface area contributed by atoms with Gasteiger partial charge in [-0.25, -0.2) is 4.98 Å². The summed E-state index contributed by atoms with van der Waals surface area (Å²) in [6, 6.07) is 11.8. The molecule has 2 heterocycles. The summed E-state index contributed by atoms with van der Waals surface area (Å²) in [7, 11) is 3.23. The molecule has 0 aliphatic heterocycles. The van der Waals surface area contributed by atoms with Crippen LogP contribution in [0.4, 0.5) is 0 Å². The number of ether oxygens (including phenoxy) is 2. The van der Waals surface area contributed by atoms with Gasteiger partial charge in [0.15, 0.2) is 0 Å². The zero-order chi connectivity index (χ0) is 20.5. The first-order valence-corrected chi connectivity index (χ1v) is 10.1. The van der Waals surface area contributed by atoms with Crippen molar-refractivity contribution >= 4 is 21.6 Å². The summed E-state index contributed by atoms with van der Waals surface area (Å²) in [4.78, 5) is 18.6. The Balaban J connectivity index is 1.83. The van der Waals surface area contributed by atoms with E-state index in [1.54, 1.807) is 25.1 Å². The highest BCUT2D eigenvalue weighted by atomic mass is 32.1. The fourth-order valence-corrected chi connectivity index (χ4v) is 4.30. The van der Waals surface area contributed by atoms with Crippen molar-refractivity contribution in [1.29, 1.82) is 0 Å². The lowest BCUT2D eigenvalue weighted by atomic mass is 10.0. The fourth-order valence-electron chi connectivity index (χ4n) is 3.39. The second-order valence-corrected chi connectivity index (χ2v) is 7.84. The van der Waals surface area contributed by atoms with Crippen LogP contribution in [0.15, 0.2) is 52.9 Å². The molecule has 0 aliphatic carbocycles. The number of hydrogen-bond acceptors (Lipinski definition) is 5. The third kappa shape index (κ3) is 3.51. The van der Waals surface area contributed by atoms with E-state index in [-0.39, 0.29) is 5.56 Å². The molecule has 29 heavy (non-hydrogen) atoms. The van der Waals surface area contributed by atoms with E-state index < -0.39 is 0 Å². The first kappa shape index (κ1) is 19.2. The van der Waals surface area contributed by atoms with Gasteiger partial charge in [-0.15, -0.1) is 11.3 Å². The van der Waals surface area contributed by atoms with Gasteiger partial charge >= 0.3 is 0 Å². The Morgan fingerprint density at radius 1 is 1.03 bits per heavy atom. The molecule has 0 amide bonds. The summed E-state index contributed by atoms with van der Waals surface area (Å²) in [6.45, 7) is 4.52. The highest BCUT2D eigenvalue weighted by Gasteiger charge is 2.15. The topological polar surface area (TPSA) is 53.4 Å². The first-order chi connectivity index (χ1) is 14.0. The SMILES string of the molecule is COc1ccc(OC)c(Cn2cnc3scc(-c4ccc(C)c(C)c4)c3c2=O)c1. The molecule has 5 nitrogen and oxygen atoms in total. The Bertz CT molecular complexity index is 1260. The number of aryl methyl sites for hydroxylation is 2. The predicted octanol–water partition coefficient (Wildman–Crippen LogP) is 4.81. The van der Waals surface area contributed by atoms with Gasteiger partial charge in [0, 0.05) is 16.5 Å². The summed E-state index contributed by atoms with van der Waals surface area (Å²) in [5, 5.41) is 2.67. The Morgan fingerprint density at radius 2 is 1.86 bits per heavy atom. The normalized spacial score (nSPS) is 11.0. The first-order valence-electron chi connectivity index (χ1n) is 9.27. The van der Waals surface area contributed by atoms with Crippen molar-refractivity contribution < 1.29 is 9.47 Å². The maximum Gasteiger partial charge on any atom is 0.263 e. The van der Waals surface area contributed by atoms with Crippen LogP contribution in [-0.2, 0) is 6.54 Å². The average Bonchev–Trinajstić information content (AvgIpc) is 3.17. The van der Waals surface area contributed by atoms with E-state index >= 15 is 0 Å². The van der Waals surface area contributed by atoms with Crippen LogP contribution in [0.5, 0.6) is 11.5 Å². The molecule has 2 aromatic carbocycles. The summed E-state index contributed by atoms with van der Waals surface area (Å²) < 4.78 is 12.4. The Labute approximate surface area is 173 Å². The summed E-state index contributed by atoms with van der Waals surface area (Å²) in [5.74, 6) is 1.42. The molecule has 0 bridgehead atoms. The maximum absolute atomic E-state index is 13.4. The monoisotopic (exact) mass is 406 g/mol. The zero-order valence-electron chi connectivity index (χ0n) is 16.9. The van der Waals surface area contributed by atoms with Crippen LogP contribution in [0.3, 0.4) is 0 Å². The standard InChI is InChI=1S/C23H22N2O3S/c1-14-5-6-16(9-15(14)2)19-12-29-22-21(19)23(26)25(13-24-22)11-17-10-18(27-3)7-8-20(17)28-4/h5-10,12-13H,11H2,1-4H3. The lowest BCUT2D eigenvalue weighted by Gasteiger charge is -2.12. The summed E-state index contributed by atoms with van der Waals surface area (Å²) >= 11 is 1.49. The largest absolute Gasteiger partial charge is 0.497 e. The number of nitrogens with zero attached hydrogens (tertiary/aromatic N) is 2. The second-order valence-electron chi connectivity index (χ2n) is 6.98. The number of aromatic nitrogens is 2. The molecule has 0 fully saturated rings. The Morgan fingerprint density at radius 3 is 2.59 bits per heavy atom. The van der Waals surface area contributed by atoms with Gasteiger partial charge in [-0.2, -0.15) is 0 Å². The zero-order valence-corrected chi connectivity index (χ0v) is 17.7. The molecule has 6 heteroatoms. The third-order valence-corrected chi connectivity index (χ3v) is 6.09. The highest BCUT2D eigenvalue weighted by Crippen LogP contribution is 2.32. The van der Waals surface area contributed by atoms with Crippen LogP contribution in [0, 0.1) is 13.8 Å². The van der Waals surface area contributed by atoms with Crippen LogP contribution in [0.1, 0.15) is 16.7 Å². The Hall–Kier alpha value is -3.12. The lowest BCUT2D eigenvalue weighted by molar-refractivity contribution is 0.397. The molecule has 0 unspecified atom stereocenters. The predicted molar refractivity (Wildman–Crippen MR) is 117 cm³/mol. The molecule has 4 rings (SSSR count). The second kappa shape index (κ2) is 7.72. The van der Waals surface area contributed by atoms with Crippen molar-refractivity contribution in [3.8, 4) is 22.6 Å². The number of rotatable bonds is 5.